The predicted octanol–water partition coefficient (Wildman–Crippen LogP) is 20.3. The van der Waals surface area contributed by atoms with Gasteiger partial charge in [0.1, 0.15) is 13.2 Å². The van der Waals surface area contributed by atoms with Crippen molar-refractivity contribution in [1.82, 2.24) is 0 Å². The lowest BCUT2D eigenvalue weighted by Gasteiger charge is -2.18. The van der Waals surface area contributed by atoms with Crippen LogP contribution in [-0.2, 0) is 28.6 Å². The molecule has 0 spiro atoms. The van der Waals surface area contributed by atoms with Crippen molar-refractivity contribution in [3.05, 3.63) is 109 Å². The Kier molecular flexibility index (Phi) is 56.4. The summed E-state index contributed by atoms with van der Waals surface area (Å²) in [5.74, 6) is -0.947. The Morgan fingerprint density at radius 2 is 0.500 bits per heavy atom. The zero-order chi connectivity index (χ0) is 52.2. The first kappa shape index (κ1) is 68.1. The van der Waals surface area contributed by atoms with Crippen LogP contribution in [0, 0.1) is 0 Å². The van der Waals surface area contributed by atoms with Crippen molar-refractivity contribution >= 4 is 17.9 Å². The Balaban J connectivity index is 4.50. The minimum Gasteiger partial charge on any atom is -0.462 e. The van der Waals surface area contributed by atoms with Crippen molar-refractivity contribution in [2.24, 2.45) is 0 Å². The van der Waals surface area contributed by atoms with Crippen LogP contribution in [0.15, 0.2) is 109 Å². The van der Waals surface area contributed by atoms with E-state index in [1.807, 2.05) is 0 Å². The highest BCUT2D eigenvalue weighted by Crippen LogP contribution is 2.14. The smallest absolute Gasteiger partial charge is 0.306 e. The fraction of sp³-hybridized carbons (Fsp3) is 0.682. The van der Waals surface area contributed by atoms with Crippen LogP contribution in [0.25, 0.3) is 0 Å². The number of ether oxygens (including phenoxy) is 3. The summed E-state index contributed by atoms with van der Waals surface area (Å²) in [4.78, 5) is 38.2. The minimum absolute atomic E-state index is 0.101. The molecule has 0 fully saturated rings. The van der Waals surface area contributed by atoms with Crippen molar-refractivity contribution in [3.63, 3.8) is 0 Å². The lowest BCUT2D eigenvalue weighted by molar-refractivity contribution is -0.167. The maximum atomic E-state index is 12.9. The van der Waals surface area contributed by atoms with E-state index in [1.54, 1.807) is 0 Å². The highest BCUT2D eigenvalue weighted by Gasteiger charge is 2.19. The normalized spacial score (nSPS) is 12.5. The molecule has 0 heterocycles. The first-order valence-corrected chi connectivity index (χ1v) is 29.9. The summed E-state index contributed by atoms with van der Waals surface area (Å²) >= 11 is 0. The van der Waals surface area contributed by atoms with E-state index in [-0.39, 0.29) is 31.1 Å². The number of esters is 3. The van der Waals surface area contributed by atoms with Crippen molar-refractivity contribution in [3.8, 4) is 0 Å². The van der Waals surface area contributed by atoms with Crippen molar-refractivity contribution < 1.29 is 28.6 Å². The molecule has 0 saturated carbocycles. The Bertz CT molecular complexity index is 1400. The Labute approximate surface area is 444 Å². The molecule has 0 atom stereocenters. The maximum Gasteiger partial charge on any atom is 0.306 e. The summed E-state index contributed by atoms with van der Waals surface area (Å²) in [7, 11) is 0. The van der Waals surface area contributed by atoms with Gasteiger partial charge in [-0.15, -0.1) is 0 Å². The van der Waals surface area contributed by atoms with Gasteiger partial charge in [0.15, 0.2) is 6.10 Å². The summed E-state index contributed by atoms with van der Waals surface area (Å²) < 4.78 is 16.9. The molecule has 0 N–H and O–H groups in total. The molecular formula is C66H110O6. The number of unbranched alkanes of at least 4 members (excludes halogenated alkanes) is 24. The molecule has 0 aromatic carbocycles. The van der Waals surface area contributed by atoms with Gasteiger partial charge in [-0.3, -0.25) is 14.4 Å². The first-order valence-electron chi connectivity index (χ1n) is 29.9. The van der Waals surface area contributed by atoms with E-state index in [2.05, 4.69) is 130 Å². The molecule has 0 amide bonds. The van der Waals surface area contributed by atoms with Gasteiger partial charge >= 0.3 is 17.9 Å². The lowest BCUT2D eigenvalue weighted by atomic mass is 10.1. The standard InChI is InChI=1S/C66H110O6/c1-4-7-10-13-16-19-22-25-28-31-34-37-40-43-46-49-52-55-58-64(67)70-61-63(72-66(69)60-57-54-51-48-45-42-39-36-33-30-27-24-21-18-15-12-9-6-3)62-71-65(68)59-56-53-50-47-44-41-38-35-32-29-26-23-20-17-14-11-8-5-2/h16-21,25-30,34-39,63H,4-15,22-24,31-33,40-62H2,1-3H3/b19-16-,20-17-,21-18-,28-25-,29-26-,30-27-,37-34-,38-35-,39-36-. The second kappa shape index (κ2) is 59.6. The highest BCUT2D eigenvalue weighted by molar-refractivity contribution is 5.71. The monoisotopic (exact) mass is 999 g/mol. The van der Waals surface area contributed by atoms with Crippen LogP contribution >= 0.6 is 0 Å². The summed E-state index contributed by atoms with van der Waals surface area (Å²) in [5, 5.41) is 0. The summed E-state index contributed by atoms with van der Waals surface area (Å²) in [5.41, 5.74) is 0. The molecule has 0 aliphatic rings. The molecule has 0 unspecified atom stereocenters. The van der Waals surface area contributed by atoms with Gasteiger partial charge in [0.05, 0.1) is 0 Å². The molecule has 0 aromatic heterocycles. The Morgan fingerprint density at radius 1 is 0.278 bits per heavy atom. The van der Waals surface area contributed by atoms with Gasteiger partial charge in [0.2, 0.25) is 0 Å². The van der Waals surface area contributed by atoms with Crippen LogP contribution in [0.4, 0.5) is 0 Å². The molecule has 0 radical (unpaired) electrons. The molecule has 6 nitrogen and oxygen atoms in total. The van der Waals surface area contributed by atoms with Crippen LogP contribution in [-0.4, -0.2) is 37.2 Å². The number of allylic oxidation sites excluding steroid dienone is 18. The largest absolute Gasteiger partial charge is 0.462 e. The van der Waals surface area contributed by atoms with E-state index in [9.17, 15) is 14.4 Å². The van der Waals surface area contributed by atoms with Crippen molar-refractivity contribution in [2.45, 2.75) is 277 Å². The van der Waals surface area contributed by atoms with Gasteiger partial charge in [-0.1, -0.05) is 226 Å². The molecule has 0 aliphatic carbocycles. The Hall–Kier alpha value is -3.93. The number of hydrogen-bond acceptors (Lipinski definition) is 6. The van der Waals surface area contributed by atoms with Crippen LogP contribution in [0.2, 0.25) is 0 Å². The van der Waals surface area contributed by atoms with E-state index >= 15 is 0 Å². The van der Waals surface area contributed by atoms with Crippen LogP contribution in [0.5, 0.6) is 0 Å². The fourth-order valence-corrected chi connectivity index (χ4v) is 7.93. The average Bonchev–Trinajstić information content (AvgIpc) is 3.38. The fourth-order valence-electron chi connectivity index (χ4n) is 7.93. The first-order chi connectivity index (χ1) is 35.5. The third-order valence-corrected chi connectivity index (χ3v) is 12.5. The summed E-state index contributed by atoms with van der Waals surface area (Å²) in [6.07, 6.45) is 80.7. The van der Waals surface area contributed by atoms with Gasteiger partial charge in [0.25, 0.3) is 0 Å². The minimum atomic E-state index is -0.805. The molecule has 0 aliphatic heterocycles. The molecular weight excluding hydrogens is 889 g/mol. The van der Waals surface area contributed by atoms with Gasteiger partial charge in [-0.25, -0.2) is 0 Å². The van der Waals surface area contributed by atoms with Gasteiger partial charge in [-0.2, -0.15) is 0 Å². The van der Waals surface area contributed by atoms with E-state index < -0.39 is 6.10 Å². The number of carbonyl (C=O) groups is 3. The molecule has 6 heteroatoms. The zero-order valence-corrected chi connectivity index (χ0v) is 46.9. The quantitative estimate of drug-likeness (QED) is 0.0261. The van der Waals surface area contributed by atoms with E-state index in [0.717, 1.165) is 154 Å². The third kappa shape index (κ3) is 57.0. The van der Waals surface area contributed by atoms with Crippen molar-refractivity contribution in [2.75, 3.05) is 13.2 Å². The highest BCUT2D eigenvalue weighted by atomic mass is 16.6. The molecule has 0 aromatic rings. The topological polar surface area (TPSA) is 78.9 Å². The van der Waals surface area contributed by atoms with Crippen molar-refractivity contribution in [1.29, 1.82) is 0 Å². The molecule has 0 saturated heterocycles. The second-order valence-electron chi connectivity index (χ2n) is 19.5. The average molecular weight is 1000 g/mol. The molecule has 410 valence electrons. The maximum absolute atomic E-state index is 12.9. The Morgan fingerprint density at radius 3 is 0.778 bits per heavy atom. The number of rotatable bonds is 53. The molecule has 0 rings (SSSR count). The van der Waals surface area contributed by atoms with E-state index in [1.165, 1.54) is 77.0 Å². The summed E-state index contributed by atoms with van der Waals surface area (Å²) in [6.45, 7) is 6.52. The third-order valence-electron chi connectivity index (χ3n) is 12.5. The number of hydrogen-bond donors (Lipinski definition) is 0. The summed E-state index contributed by atoms with van der Waals surface area (Å²) in [6, 6.07) is 0. The zero-order valence-electron chi connectivity index (χ0n) is 46.9. The number of carbonyl (C=O) groups excluding carboxylic acids is 3. The van der Waals surface area contributed by atoms with Crippen LogP contribution < -0.4 is 0 Å². The predicted molar refractivity (Wildman–Crippen MR) is 311 cm³/mol. The van der Waals surface area contributed by atoms with Gasteiger partial charge in [-0.05, 0) is 135 Å². The second-order valence-corrected chi connectivity index (χ2v) is 19.5. The molecule has 72 heavy (non-hydrogen) atoms. The van der Waals surface area contributed by atoms with Crippen LogP contribution in [0.3, 0.4) is 0 Å². The van der Waals surface area contributed by atoms with Crippen LogP contribution in [0.1, 0.15) is 271 Å². The lowest BCUT2D eigenvalue weighted by Crippen LogP contribution is -2.30. The van der Waals surface area contributed by atoms with Gasteiger partial charge < -0.3 is 14.2 Å². The van der Waals surface area contributed by atoms with E-state index in [0.29, 0.717) is 19.3 Å². The molecule has 0 bridgehead atoms. The van der Waals surface area contributed by atoms with Gasteiger partial charge in [0, 0.05) is 19.3 Å². The van der Waals surface area contributed by atoms with E-state index in [4.69, 9.17) is 14.2 Å². The SMILES string of the molecule is CCCCC/C=C\C/C=C\C/C=C\CCCCCCCC(=O)OCC(COC(=O)CCCCCCC/C=C\C/C=C\C/C=C\CCCCC)OC(=O)CCCCCCC/C=C\C/C=C\C/C=C\CCCCC.